The van der Waals surface area contributed by atoms with Crippen LogP contribution in [0.3, 0.4) is 0 Å². The summed E-state index contributed by atoms with van der Waals surface area (Å²) in [7, 11) is 0. The predicted molar refractivity (Wildman–Crippen MR) is 103 cm³/mol. The fourth-order valence-corrected chi connectivity index (χ4v) is 3.46. The second kappa shape index (κ2) is 6.84. The van der Waals surface area contributed by atoms with Gasteiger partial charge >= 0.3 is 0 Å². The predicted octanol–water partition coefficient (Wildman–Crippen LogP) is 3.73. The quantitative estimate of drug-likeness (QED) is 0.632. The SMILES string of the molecule is CC1(C(=O)Nc2nnc(-c3ccc(F)cc3)s2)Oc2ccc(Cl)cc2NC1=O. The molecule has 28 heavy (non-hydrogen) atoms. The Morgan fingerprint density at radius 1 is 1.25 bits per heavy atom. The number of fused-ring (bicyclic) bond motifs is 1. The zero-order valence-corrected chi connectivity index (χ0v) is 15.9. The molecule has 10 heteroatoms. The van der Waals surface area contributed by atoms with Crippen LogP contribution in [0.4, 0.5) is 15.2 Å². The third kappa shape index (κ3) is 3.30. The molecule has 0 saturated heterocycles. The minimum absolute atomic E-state index is 0.184. The van der Waals surface area contributed by atoms with Gasteiger partial charge in [-0.25, -0.2) is 4.39 Å². The zero-order valence-electron chi connectivity index (χ0n) is 14.3. The number of benzene rings is 2. The van der Waals surface area contributed by atoms with Crippen LogP contribution in [-0.4, -0.2) is 27.6 Å². The van der Waals surface area contributed by atoms with Crippen molar-refractivity contribution in [1.29, 1.82) is 0 Å². The van der Waals surface area contributed by atoms with Gasteiger partial charge in [0, 0.05) is 10.6 Å². The first kappa shape index (κ1) is 18.3. The first-order valence-corrected chi connectivity index (χ1v) is 9.25. The highest BCUT2D eigenvalue weighted by Crippen LogP contribution is 2.36. The van der Waals surface area contributed by atoms with Crippen molar-refractivity contribution in [3.8, 4) is 16.3 Å². The van der Waals surface area contributed by atoms with Crippen LogP contribution < -0.4 is 15.4 Å². The summed E-state index contributed by atoms with van der Waals surface area (Å²) in [5.41, 5.74) is -0.761. The first-order valence-electron chi connectivity index (χ1n) is 8.06. The number of halogens is 2. The lowest BCUT2D eigenvalue weighted by atomic mass is 10.0. The molecule has 2 aromatic carbocycles. The zero-order chi connectivity index (χ0) is 19.9. The molecule has 7 nitrogen and oxygen atoms in total. The summed E-state index contributed by atoms with van der Waals surface area (Å²) in [6.07, 6.45) is 0. The fraction of sp³-hybridized carbons (Fsp3) is 0.111. The van der Waals surface area contributed by atoms with Crippen LogP contribution in [0.5, 0.6) is 5.75 Å². The van der Waals surface area contributed by atoms with Gasteiger partial charge in [-0.3, -0.25) is 14.9 Å². The summed E-state index contributed by atoms with van der Waals surface area (Å²) < 4.78 is 18.7. The lowest BCUT2D eigenvalue weighted by molar-refractivity contribution is -0.143. The highest BCUT2D eigenvalue weighted by Gasteiger charge is 2.47. The molecule has 0 aliphatic carbocycles. The molecule has 2 N–H and O–H groups in total. The van der Waals surface area contributed by atoms with E-state index in [1.54, 1.807) is 24.3 Å². The Balaban J connectivity index is 1.54. The average molecular weight is 419 g/mol. The van der Waals surface area contributed by atoms with Crippen molar-refractivity contribution < 1.29 is 18.7 Å². The number of anilines is 2. The molecule has 0 saturated carbocycles. The Bertz CT molecular complexity index is 1090. The van der Waals surface area contributed by atoms with Gasteiger partial charge in [-0.05, 0) is 49.4 Å². The monoisotopic (exact) mass is 418 g/mol. The fourth-order valence-electron chi connectivity index (χ4n) is 2.55. The molecule has 0 spiro atoms. The number of carbonyl (C=O) groups excluding carboxylic acids is 2. The van der Waals surface area contributed by atoms with Gasteiger partial charge in [-0.15, -0.1) is 10.2 Å². The smallest absolute Gasteiger partial charge is 0.280 e. The molecule has 1 aliphatic rings. The van der Waals surface area contributed by atoms with E-state index in [1.165, 1.54) is 25.1 Å². The minimum Gasteiger partial charge on any atom is -0.466 e. The van der Waals surface area contributed by atoms with Gasteiger partial charge in [0.05, 0.1) is 5.69 Å². The molecule has 1 unspecified atom stereocenters. The van der Waals surface area contributed by atoms with Crippen molar-refractivity contribution in [1.82, 2.24) is 10.2 Å². The molecule has 3 aromatic rings. The maximum absolute atomic E-state index is 13.0. The number of ether oxygens (including phenoxy) is 1. The van der Waals surface area contributed by atoms with E-state index < -0.39 is 17.4 Å². The van der Waals surface area contributed by atoms with Gasteiger partial charge in [0.15, 0.2) is 0 Å². The maximum atomic E-state index is 13.0. The summed E-state index contributed by atoms with van der Waals surface area (Å²) >= 11 is 7.00. The molecule has 4 rings (SSSR count). The van der Waals surface area contributed by atoms with Crippen LogP contribution in [0.1, 0.15) is 6.92 Å². The van der Waals surface area contributed by atoms with E-state index in [9.17, 15) is 14.0 Å². The topological polar surface area (TPSA) is 93.2 Å². The first-order chi connectivity index (χ1) is 13.3. The number of nitrogens with one attached hydrogen (secondary N) is 2. The van der Waals surface area contributed by atoms with Gasteiger partial charge in [0.2, 0.25) is 5.13 Å². The van der Waals surface area contributed by atoms with Crippen molar-refractivity contribution in [2.45, 2.75) is 12.5 Å². The van der Waals surface area contributed by atoms with Gasteiger partial charge in [-0.1, -0.05) is 22.9 Å². The van der Waals surface area contributed by atoms with Crippen LogP contribution in [0.15, 0.2) is 42.5 Å². The van der Waals surface area contributed by atoms with Crippen LogP contribution in [-0.2, 0) is 9.59 Å². The number of amides is 2. The summed E-state index contributed by atoms with van der Waals surface area (Å²) in [6.45, 7) is 1.36. The molecule has 0 fully saturated rings. The molecule has 2 amide bonds. The van der Waals surface area contributed by atoms with Crippen LogP contribution >= 0.6 is 22.9 Å². The summed E-state index contributed by atoms with van der Waals surface area (Å²) in [5.74, 6) is -1.38. The van der Waals surface area contributed by atoms with Gasteiger partial charge in [0.1, 0.15) is 16.6 Å². The Morgan fingerprint density at radius 3 is 2.75 bits per heavy atom. The minimum atomic E-state index is -1.80. The van der Waals surface area contributed by atoms with Crippen molar-refractivity contribution in [3.05, 3.63) is 53.3 Å². The van der Waals surface area contributed by atoms with Gasteiger partial charge in [0.25, 0.3) is 17.4 Å². The molecule has 0 bridgehead atoms. The van der Waals surface area contributed by atoms with E-state index in [0.717, 1.165) is 11.3 Å². The van der Waals surface area contributed by atoms with Crippen LogP contribution in [0, 0.1) is 5.82 Å². The van der Waals surface area contributed by atoms with E-state index in [4.69, 9.17) is 16.3 Å². The Labute approximate surface area is 167 Å². The standard InChI is InChI=1S/C18H12ClFN4O3S/c1-18(15(25)21-12-8-10(19)4-7-13(12)27-18)16(26)22-17-24-23-14(28-17)9-2-5-11(20)6-3-9/h2-8H,1H3,(H,21,25)(H,22,24,26). The highest BCUT2D eigenvalue weighted by molar-refractivity contribution is 7.18. The van der Waals surface area contributed by atoms with Crippen LogP contribution in [0.2, 0.25) is 5.02 Å². The lowest BCUT2D eigenvalue weighted by Gasteiger charge is -2.32. The summed E-state index contributed by atoms with van der Waals surface area (Å²) in [6, 6.07) is 10.4. The Kier molecular flexibility index (Phi) is 4.48. The second-order valence-electron chi connectivity index (χ2n) is 6.10. The van der Waals surface area contributed by atoms with Crippen LogP contribution in [0.25, 0.3) is 10.6 Å². The van der Waals surface area contributed by atoms with E-state index in [0.29, 0.717) is 27.0 Å². The lowest BCUT2D eigenvalue weighted by Crippen LogP contribution is -2.56. The average Bonchev–Trinajstić information content (AvgIpc) is 3.12. The Hall–Kier alpha value is -3.04. The molecule has 1 aliphatic heterocycles. The van der Waals surface area contributed by atoms with E-state index >= 15 is 0 Å². The van der Waals surface area contributed by atoms with Crippen molar-refractivity contribution in [3.63, 3.8) is 0 Å². The summed E-state index contributed by atoms with van der Waals surface area (Å²) in [4.78, 5) is 25.2. The van der Waals surface area contributed by atoms with Crippen molar-refractivity contribution >= 4 is 45.6 Å². The molecular weight excluding hydrogens is 407 g/mol. The number of aromatic nitrogens is 2. The third-order valence-corrected chi connectivity index (χ3v) is 5.23. The Morgan fingerprint density at radius 2 is 2.00 bits per heavy atom. The van der Waals surface area contributed by atoms with Crippen molar-refractivity contribution in [2.75, 3.05) is 10.6 Å². The largest absolute Gasteiger partial charge is 0.466 e. The molecule has 1 aromatic heterocycles. The number of nitrogens with zero attached hydrogens (tertiary/aromatic N) is 2. The molecule has 142 valence electrons. The van der Waals surface area contributed by atoms with E-state index in [2.05, 4.69) is 20.8 Å². The van der Waals surface area contributed by atoms with E-state index in [1.807, 2.05) is 0 Å². The summed E-state index contributed by atoms with van der Waals surface area (Å²) in [5, 5.41) is 14.1. The molecule has 0 radical (unpaired) electrons. The molecule has 1 atom stereocenters. The number of carbonyl (C=O) groups is 2. The molecular formula is C18H12ClFN4O3S. The number of hydrogen-bond acceptors (Lipinski definition) is 6. The van der Waals surface area contributed by atoms with E-state index in [-0.39, 0.29) is 10.9 Å². The third-order valence-electron chi connectivity index (χ3n) is 4.11. The maximum Gasteiger partial charge on any atom is 0.280 e. The number of hydrogen-bond donors (Lipinski definition) is 2. The second-order valence-corrected chi connectivity index (χ2v) is 7.52. The van der Waals surface area contributed by atoms with Crippen molar-refractivity contribution in [2.24, 2.45) is 0 Å². The highest BCUT2D eigenvalue weighted by atomic mass is 35.5. The van der Waals surface area contributed by atoms with Gasteiger partial charge in [-0.2, -0.15) is 0 Å². The van der Waals surface area contributed by atoms with Gasteiger partial charge < -0.3 is 10.1 Å². The molecule has 2 heterocycles. The number of rotatable bonds is 3. The normalized spacial score (nSPS) is 18.0.